The van der Waals surface area contributed by atoms with Crippen molar-refractivity contribution in [1.82, 2.24) is 9.55 Å². The fourth-order valence-electron chi connectivity index (χ4n) is 2.89. The number of halogens is 2. The molecule has 1 aromatic heterocycles. The van der Waals surface area contributed by atoms with Gasteiger partial charge in [0.15, 0.2) is 0 Å². The minimum atomic E-state index is -0.0505. The van der Waals surface area contributed by atoms with Gasteiger partial charge in [-0.2, -0.15) is 0 Å². The summed E-state index contributed by atoms with van der Waals surface area (Å²) in [4.78, 5) is 4.66. The topological polar surface area (TPSA) is 27.1 Å². The van der Waals surface area contributed by atoms with Crippen molar-refractivity contribution in [3.63, 3.8) is 0 Å². The second-order valence-electron chi connectivity index (χ2n) is 5.28. The Labute approximate surface area is 126 Å². The highest BCUT2D eigenvalue weighted by Gasteiger charge is 2.33. The molecule has 1 atom stereocenters. The summed E-state index contributed by atoms with van der Waals surface area (Å²) in [5, 5.41) is 0. The van der Waals surface area contributed by atoms with Gasteiger partial charge in [0.05, 0.1) is 29.1 Å². The molecule has 0 N–H and O–H groups in total. The van der Waals surface area contributed by atoms with Crippen LogP contribution in [0.5, 0.6) is 0 Å². The summed E-state index contributed by atoms with van der Waals surface area (Å²) in [6.45, 7) is 3.80. The molecule has 2 heterocycles. The molecule has 1 aromatic carbocycles. The predicted octanol–water partition coefficient (Wildman–Crippen LogP) is 4.06. The van der Waals surface area contributed by atoms with Crippen molar-refractivity contribution < 1.29 is 4.74 Å². The molecule has 3 rings (SSSR count). The Morgan fingerprint density at radius 1 is 1.53 bits per heavy atom. The lowest BCUT2D eigenvalue weighted by Gasteiger charge is -2.36. The number of hydrogen-bond donors (Lipinski definition) is 0. The van der Waals surface area contributed by atoms with Crippen LogP contribution in [0, 0.1) is 0 Å². The maximum atomic E-state index is 6.09. The zero-order chi connectivity index (χ0) is 13.5. The Bertz CT molecular complexity index is 605. The van der Waals surface area contributed by atoms with E-state index in [9.17, 15) is 0 Å². The molecule has 102 valence electrons. The van der Waals surface area contributed by atoms with E-state index in [1.165, 1.54) is 0 Å². The van der Waals surface area contributed by atoms with Crippen LogP contribution in [0.2, 0.25) is 0 Å². The van der Waals surface area contributed by atoms with E-state index in [2.05, 4.69) is 38.5 Å². The summed E-state index contributed by atoms with van der Waals surface area (Å²) < 4.78 is 8.98. The first-order valence-corrected chi connectivity index (χ1v) is 7.78. The van der Waals surface area contributed by atoms with E-state index in [0.29, 0.717) is 5.88 Å². The summed E-state index contributed by atoms with van der Waals surface area (Å²) >= 11 is 9.58. The molecule has 1 aliphatic heterocycles. The summed E-state index contributed by atoms with van der Waals surface area (Å²) in [5.74, 6) is 1.34. The Balaban J connectivity index is 2.20. The zero-order valence-electron chi connectivity index (χ0n) is 10.8. The number of fused-ring (bicyclic) bond motifs is 1. The molecule has 1 fully saturated rings. The highest BCUT2D eigenvalue weighted by molar-refractivity contribution is 9.10. The van der Waals surface area contributed by atoms with Crippen LogP contribution < -0.4 is 0 Å². The average molecular weight is 344 g/mol. The van der Waals surface area contributed by atoms with Crippen LogP contribution in [0.25, 0.3) is 11.0 Å². The summed E-state index contributed by atoms with van der Waals surface area (Å²) in [7, 11) is 0. The summed E-state index contributed by atoms with van der Waals surface area (Å²) in [5.41, 5.74) is 2.06. The number of alkyl halides is 1. The van der Waals surface area contributed by atoms with Gasteiger partial charge in [0.25, 0.3) is 0 Å². The number of rotatable bonds is 2. The molecule has 0 spiro atoms. The van der Waals surface area contributed by atoms with Crippen molar-refractivity contribution in [1.29, 1.82) is 0 Å². The third-order valence-corrected chi connectivity index (χ3v) is 4.49. The monoisotopic (exact) mass is 342 g/mol. The Morgan fingerprint density at radius 2 is 2.37 bits per heavy atom. The van der Waals surface area contributed by atoms with Gasteiger partial charge in [0.2, 0.25) is 0 Å². The summed E-state index contributed by atoms with van der Waals surface area (Å²) in [6.07, 6.45) is 2.17. The molecule has 0 bridgehead atoms. The third kappa shape index (κ3) is 2.30. The van der Waals surface area contributed by atoms with Crippen LogP contribution in [0.4, 0.5) is 0 Å². The highest BCUT2D eigenvalue weighted by atomic mass is 79.9. The van der Waals surface area contributed by atoms with Crippen molar-refractivity contribution in [3.8, 4) is 0 Å². The molecule has 0 aliphatic carbocycles. The molecule has 19 heavy (non-hydrogen) atoms. The van der Waals surface area contributed by atoms with Crippen LogP contribution in [-0.4, -0.2) is 22.8 Å². The second kappa shape index (κ2) is 5.08. The van der Waals surface area contributed by atoms with Crippen LogP contribution >= 0.6 is 27.5 Å². The molecular formula is C14H16BrClN2O. The molecular weight excluding hydrogens is 328 g/mol. The van der Waals surface area contributed by atoms with Crippen LogP contribution in [-0.2, 0) is 16.2 Å². The van der Waals surface area contributed by atoms with E-state index >= 15 is 0 Å². The van der Waals surface area contributed by atoms with Crippen molar-refractivity contribution in [3.05, 3.63) is 28.5 Å². The lowest BCUT2D eigenvalue weighted by Crippen LogP contribution is -2.39. The zero-order valence-corrected chi connectivity index (χ0v) is 13.2. The molecule has 0 amide bonds. The summed E-state index contributed by atoms with van der Waals surface area (Å²) in [6, 6.07) is 6.18. The van der Waals surface area contributed by atoms with E-state index in [4.69, 9.17) is 16.3 Å². The first-order chi connectivity index (χ1) is 9.14. The molecule has 3 nitrogen and oxygen atoms in total. The second-order valence-corrected chi connectivity index (χ2v) is 6.47. The number of ether oxygens (including phenoxy) is 1. The number of benzene rings is 1. The van der Waals surface area contributed by atoms with Gasteiger partial charge in [-0.05, 0) is 38.0 Å². The van der Waals surface area contributed by atoms with Crippen molar-refractivity contribution >= 4 is 38.6 Å². The first kappa shape index (κ1) is 13.4. The Kier molecular flexibility index (Phi) is 3.58. The fourth-order valence-corrected chi connectivity index (χ4v) is 3.42. The van der Waals surface area contributed by atoms with Gasteiger partial charge in [-0.1, -0.05) is 15.9 Å². The molecule has 1 saturated heterocycles. The van der Waals surface area contributed by atoms with Crippen molar-refractivity contribution in [2.24, 2.45) is 0 Å². The Morgan fingerprint density at radius 3 is 3.05 bits per heavy atom. The van der Waals surface area contributed by atoms with Gasteiger partial charge in [-0.15, -0.1) is 11.6 Å². The van der Waals surface area contributed by atoms with Gasteiger partial charge in [-0.3, -0.25) is 0 Å². The first-order valence-electron chi connectivity index (χ1n) is 6.45. The van der Waals surface area contributed by atoms with Gasteiger partial charge < -0.3 is 9.30 Å². The number of hydrogen-bond acceptors (Lipinski definition) is 2. The predicted molar refractivity (Wildman–Crippen MR) is 80.7 cm³/mol. The largest absolute Gasteiger partial charge is 0.379 e. The minimum absolute atomic E-state index is 0.0505. The number of aromatic nitrogens is 2. The van der Waals surface area contributed by atoms with Gasteiger partial charge in [0, 0.05) is 11.1 Å². The lowest BCUT2D eigenvalue weighted by atomic mass is 9.94. The molecule has 0 saturated carbocycles. The lowest BCUT2D eigenvalue weighted by molar-refractivity contribution is 0.0104. The smallest absolute Gasteiger partial charge is 0.125 e. The fraction of sp³-hybridized carbons (Fsp3) is 0.500. The maximum Gasteiger partial charge on any atom is 0.125 e. The van der Waals surface area contributed by atoms with E-state index in [1.54, 1.807) is 0 Å². The molecule has 1 aliphatic rings. The van der Waals surface area contributed by atoms with Crippen LogP contribution in [0.3, 0.4) is 0 Å². The van der Waals surface area contributed by atoms with E-state index < -0.39 is 0 Å². The van der Waals surface area contributed by atoms with E-state index in [0.717, 1.165) is 47.4 Å². The maximum absolute atomic E-state index is 6.09. The van der Waals surface area contributed by atoms with Gasteiger partial charge >= 0.3 is 0 Å². The van der Waals surface area contributed by atoms with Gasteiger partial charge in [0.1, 0.15) is 5.82 Å². The number of nitrogens with zero attached hydrogens (tertiary/aromatic N) is 2. The highest BCUT2D eigenvalue weighted by Crippen LogP contribution is 2.33. The third-order valence-electron chi connectivity index (χ3n) is 3.76. The average Bonchev–Trinajstić information content (AvgIpc) is 2.77. The minimum Gasteiger partial charge on any atom is -0.379 e. The van der Waals surface area contributed by atoms with Crippen LogP contribution in [0.15, 0.2) is 22.7 Å². The van der Waals surface area contributed by atoms with Crippen LogP contribution in [0.1, 0.15) is 25.6 Å². The normalized spacial score (nSPS) is 23.9. The van der Waals surface area contributed by atoms with E-state index in [-0.39, 0.29) is 5.54 Å². The van der Waals surface area contributed by atoms with Gasteiger partial charge in [-0.25, -0.2) is 4.98 Å². The van der Waals surface area contributed by atoms with Crippen molar-refractivity contribution in [2.45, 2.75) is 31.2 Å². The van der Waals surface area contributed by atoms with Crippen molar-refractivity contribution in [2.75, 3.05) is 13.2 Å². The molecule has 5 heteroatoms. The standard InChI is InChI=1S/C14H16BrClN2O/c1-14(5-2-6-19-9-14)18-12-4-3-10(15)7-11(12)17-13(18)8-16/h3-4,7H,2,5-6,8-9H2,1H3. The number of imidazole rings is 1. The Hall–Kier alpha value is -0.580. The SMILES string of the molecule is CC1(n2c(CCl)nc3cc(Br)ccc32)CCCOC1. The molecule has 1 unspecified atom stereocenters. The molecule has 0 radical (unpaired) electrons. The molecule has 2 aromatic rings. The van der Waals surface area contributed by atoms with E-state index in [1.807, 2.05) is 12.1 Å². The quantitative estimate of drug-likeness (QED) is 0.769.